The molecular formula is C32H42O15. The van der Waals surface area contributed by atoms with Crippen molar-refractivity contribution in [1.29, 1.82) is 0 Å². The number of benzene rings is 2. The van der Waals surface area contributed by atoms with Crippen LogP contribution < -0.4 is 14.2 Å². The molecule has 0 unspecified atom stereocenters. The zero-order valence-electron chi connectivity index (χ0n) is 26.0. The van der Waals surface area contributed by atoms with E-state index in [1.165, 1.54) is 19.2 Å². The van der Waals surface area contributed by atoms with Crippen molar-refractivity contribution in [2.24, 2.45) is 17.8 Å². The maximum Gasteiger partial charge on any atom is 0.335 e. The van der Waals surface area contributed by atoms with Gasteiger partial charge in [0.15, 0.2) is 29.1 Å². The van der Waals surface area contributed by atoms with E-state index in [9.17, 15) is 55.5 Å². The molecule has 2 aromatic rings. The Kier molecular flexibility index (Phi) is 11.6. The van der Waals surface area contributed by atoms with Crippen molar-refractivity contribution in [2.75, 3.05) is 7.11 Å². The van der Waals surface area contributed by atoms with Crippen LogP contribution in [0.4, 0.5) is 0 Å². The summed E-state index contributed by atoms with van der Waals surface area (Å²) < 4.78 is 22.1. The second-order valence-electron chi connectivity index (χ2n) is 12.3. The summed E-state index contributed by atoms with van der Waals surface area (Å²) in [7, 11) is 1.43. The quantitative estimate of drug-likeness (QED) is 0.141. The smallest absolute Gasteiger partial charge is 0.335 e. The summed E-state index contributed by atoms with van der Waals surface area (Å²) in [5.41, 5.74) is 1.64. The van der Waals surface area contributed by atoms with Crippen molar-refractivity contribution in [3.8, 4) is 23.0 Å². The van der Waals surface area contributed by atoms with E-state index >= 15 is 0 Å². The summed E-state index contributed by atoms with van der Waals surface area (Å²) in [5, 5.41) is 89.9. The second kappa shape index (κ2) is 15.0. The standard InChI is InChI=1S/C32H42O15/c1-13(8-15-4-6-18(33)20(10-15)46-32-28(39)26(37)27(38)29(47-32)31(42)43)14(2)9-16-5-7-19(21(11-16)44-3)45-22-12-17(30(40)41)23(34)25(36)24(22)35/h4-7,10-11,13-14,17,22-29,32-39H,8-9,12H2,1-3H3,(H,40,41)(H,42,43)/t13-,14+,17-,22+,23+,24-,25-,26-,27-,28+,29-,32+/m0/s1. The van der Waals surface area contributed by atoms with E-state index in [4.69, 9.17) is 18.9 Å². The van der Waals surface area contributed by atoms with Crippen LogP contribution in [0.25, 0.3) is 0 Å². The van der Waals surface area contributed by atoms with E-state index in [0.29, 0.717) is 18.6 Å². The molecule has 2 aromatic carbocycles. The number of carbonyl (C=O) groups is 2. The lowest BCUT2D eigenvalue weighted by Crippen LogP contribution is -2.61. The fraction of sp³-hybridized carbons (Fsp3) is 0.562. The van der Waals surface area contributed by atoms with E-state index in [-0.39, 0.29) is 35.5 Å². The molecular weight excluding hydrogens is 624 g/mol. The molecule has 1 saturated heterocycles. The van der Waals surface area contributed by atoms with Gasteiger partial charge in [0.05, 0.1) is 19.1 Å². The Labute approximate surface area is 270 Å². The maximum atomic E-state index is 11.5. The van der Waals surface area contributed by atoms with Crippen molar-refractivity contribution in [3.63, 3.8) is 0 Å². The monoisotopic (exact) mass is 666 g/mol. The second-order valence-corrected chi connectivity index (χ2v) is 12.3. The van der Waals surface area contributed by atoms with E-state index in [2.05, 4.69) is 0 Å². The van der Waals surface area contributed by atoms with Crippen LogP contribution in [0.5, 0.6) is 23.0 Å². The van der Waals surface area contributed by atoms with E-state index in [1.54, 1.807) is 24.3 Å². The first-order valence-electron chi connectivity index (χ1n) is 15.1. The minimum atomic E-state index is -1.88. The molecule has 9 N–H and O–H groups in total. The highest BCUT2D eigenvalue weighted by Gasteiger charge is 2.49. The van der Waals surface area contributed by atoms with E-state index < -0.39 is 73.0 Å². The maximum absolute atomic E-state index is 11.5. The Hall–Kier alpha value is -3.70. The molecule has 12 atom stereocenters. The number of ether oxygens (including phenoxy) is 4. The van der Waals surface area contributed by atoms with Crippen LogP contribution in [0.1, 0.15) is 31.4 Å². The number of aliphatic hydroxyl groups excluding tert-OH is 6. The summed E-state index contributed by atoms with van der Waals surface area (Å²) >= 11 is 0. The van der Waals surface area contributed by atoms with E-state index in [0.717, 1.165) is 11.1 Å². The zero-order valence-corrected chi connectivity index (χ0v) is 26.0. The summed E-state index contributed by atoms with van der Waals surface area (Å²) in [6.45, 7) is 4.07. The third kappa shape index (κ3) is 8.06. The van der Waals surface area contributed by atoms with E-state index in [1.807, 2.05) is 13.8 Å². The van der Waals surface area contributed by atoms with Gasteiger partial charge in [-0.3, -0.25) is 4.79 Å². The van der Waals surface area contributed by atoms with Gasteiger partial charge < -0.3 is 64.9 Å². The minimum Gasteiger partial charge on any atom is -0.504 e. The van der Waals surface area contributed by atoms with Gasteiger partial charge in [0.2, 0.25) is 6.29 Å². The third-order valence-corrected chi connectivity index (χ3v) is 8.97. The third-order valence-electron chi connectivity index (χ3n) is 8.97. The Bertz CT molecular complexity index is 1400. The normalized spacial score (nSPS) is 32.2. The predicted molar refractivity (Wildman–Crippen MR) is 160 cm³/mol. The summed E-state index contributed by atoms with van der Waals surface area (Å²) in [6, 6.07) is 9.76. The van der Waals surface area contributed by atoms with Crippen molar-refractivity contribution in [3.05, 3.63) is 47.5 Å². The number of methoxy groups -OCH3 is 1. The van der Waals surface area contributed by atoms with Gasteiger partial charge in [0, 0.05) is 6.42 Å². The molecule has 1 aliphatic heterocycles. The van der Waals surface area contributed by atoms with Crippen molar-refractivity contribution < 1.29 is 74.5 Å². The molecule has 0 spiro atoms. The average molecular weight is 667 g/mol. The molecule has 15 nitrogen and oxygen atoms in total. The SMILES string of the molecule is COc1cc(C[C@@H](C)[C@@H](C)Cc2ccc(O)c(O[C@@H]3O[C@H](C(=O)O)[C@@H](O)[C@H](O)[C@H]3O)c2)ccc1O[C@@H]1C[C@H](C(=O)O)[C@@H](O)[C@H](O)[C@H]1O. The summed E-state index contributed by atoms with van der Waals surface area (Å²) in [4.78, 5) is 22.9. The fourth-order valence-electron chi connectivity index (χ4n) is 5.85. The van der Waals surface area contributed by atoms with Crippen LogP contribution in [-0.2, 0) is 27.2 Å². The molecule has 260 valence electrons. The molecule has 0 amide bonds. The van der Waals surface area contributed by atoms with Gasteiger partial charge in [0.1, 0.15) is 36.6 Å². The number of carboxylic acid groups (broad SMARTS) is 2. The largest absolute Gasteiger partial charge is 0.504 e. The first-order valence-corrected chi connectivity index (χ1v) is 15.1. The van der Waals surface area contributed by atoms with Crippen LogP contribution in [-0.4, -0.2) is 120 Å². The number of hydrogen-bond acceptors (Lipinski definition) is 13. The summed E-state index contributed by atoms with van der Waals surface area (Å²) in [6.07, 6.45) is -14.1. The number of phenolic OH excluding ortho intramolecular Hbond substituents is 1. The molecule has 15 heteroatoms. The predicted octanol–water partition coefficient (Wildman–Crippen LogP) is -0.336. The van der Waals surface area contributed by atoms with Crippen LogP contribution >= 0.6 is 0 Å². The Morgan fingerprint density at radius 3 is 1.89 bits per heavy atom. The van der Waals surface area contributed by atoms with Crippen molar-refractivity contribution in [2.45, 2.75) is 88.2 Å². The topological polar surface area (TPSA) is 253 Å². The fourth-order valence-corrected chi connectivity index (χ4v) is 5.85. The summed E-state index contributed by atoms with van der Waals surface area (Å²) in [5.74, 6) is -3.87. The van der Waals surface area contributed by atoms with Gasteiger partial charge in [-0.25, -0.2) is 4.79 Å². The molecule has 1 heterocycles. The van der Waals surface area contributed by atoms with Gasteiger partial charge >= 0.3 is 11.9 Å². The number of aromatic hydroxyl groups is 1. The van der Waals surface area contributed by atoms with Crippen LogP contribution in [0, 0.1) is 17.8 Å². The number of hydrogen-bond donors (Lipinski definition) is 9. The zero-order chi connectivity index (χ0) is 34.7. The van der Waals surface area contributed by atoms with Gasteiger partial charge in [0.25, 0.3) is 0 Å². The number of phenols is 1. The first-order chi connectivity index (χ1) is 22.1. The molecule has 2 fully saturated rings. The number of aliphatic carboxylic acids is 2. The number of rotatable bonds is 12. The molecule has 0 radical (unpaired) electrons. The minimum absolute atomic E-state index is 0.0810. The van der Waals surface area contributed by atoms with Gasteiger partial charge in [-0.05, 0) is 60.1 Å². The van der Waals surface area contributed by atoms with Crippen LogP contribution in [0.3, 0.4) is 0 Å². The lowest BCUT2D eigenvalue weighted by atomic mass is 9.80. The average Bonchev–Trinajstić information content (AvgIpc) is 3.03. The molecule has 1 aliphatic carbocycles. The Balaban J connectivity index is 1.40. The molecule has 2 aliphatic rings. The Morgan fingerprint density at radius 1 is 0.745 bits per heavy atom. The lowest BCUT2D eigenvalue weighted by Gasteiger charge is -2.38. The van der Waals surface area contributed by atoms with Gasteiger partial charge in [-0.1, -0.05) is 26.0 Å². The first kappa shape index (κ1) is 36.1. The number of carboxylic acids is 2. The number of aliphatic hydroxyl groups is 6. The lowest BCUT2D eigenvalue weighted by molar-refractivity contribution is -0.271. The van der Waals surface area contributed by atoms with Gasteiger partial charge in [-0.2, -0.15) is 0 Å². The highest BCUT2D eigenvalue weighted by molar-refractivity contribution is 5.73. The highest BCUT2D eigenvalue weighted by Crippen LogP contribution is 2.36. The van der Waals surface area contributed by atoms with Crippen molar-refractivity contribution in [1.82, 2.24) is 0 Å². The van der Waals surface area contributed by atoms with Crippen molar-refractivity contribution >= 4 is 11.9 Å². The Morgan fingerprint density at radius 2 is 1.32 bits per heavy atom. The molecule has 1 saturated carbocycles. The highest BCUT2D eigenvalue weighted by atomic mass is 16.7. The molecule has 47 heavy (non-hydrogen) atoms. The molecule has 0 aromatic heterocycles. The van der Waals surface area contributed by atoms with Crippen LogP contribution in [0.15, 0.2) is 36.4 Å². The van der Waals surface area contributed by atoms with Crippen LogP contribution in [0.2, 0.25) is 0 Å². The van der Waals surface area contributed by atoms with Gasteiger partial charge in [-0.15, -0.1) is 0 Å². The molecule has 0 bridgehead atoms. The molecule has 4 rings (SSSR count).